The van der Waals surface area contributed by atoms with E-state index in [1.807, 2.05) is 48.5 Å². The molecule has 0 spiro atoms. The van der Waals surface area contributed by atoms with Gasteiger partial charge in [-0.1, -0.05) is 43.3 Å². The maximum absolute atomic E-state index is 13.5. The lowest BCUT2D eigenvalue weighted by Crippen LogP contribution is -2.46. The lowest BCUT2D eigenvalue weighted by molar-refractivity contribution is -0.135. The summed E-state index contributed by atoms with van der Waals surface area (Å²) in [6, 6.07) is 16.2. The van der Waals surface area contributed by atoms with Crippen LogP contribution in [0.4, 0.5) is 0 Å². The third-order valence-electron chi connectivity index (χ3n) is 5.31. The zero-order valence-corrected chi connectivity index (χ0v) is 14.1. The average Bonchev–Trinajstić information content (AvgIpc) is 2.65. The van der Waals surface area contributed by atoms with Gasteiger partial charge in [0, 0.05) is 23.7 Å². The Morgan fingerprint density at radius 1 is 1.04 bits per heavy atom. The molecule has 2 aliphatic rings. The summed E-state index contributed by atoms with van der Waals surface area (Å²) in [5.74, 6) is 1.59. The van der Waals surface area contributed by atoms with Crippen LogP contribution in [0.1, 0.15) is 49.7 Å². The minimum absolute atomic E-state index is 0.227. The van der Waals surface area contributed by atoms with Crippen molar-refractivity contribution in [2.24, 2.45) is 0 Å². The van der Waals surface area contributed by atoms with E-state index in [0.29, 0.717) is 6.04 Å². The van der Waals surface area contributed by atoms with Crippen LogP contribution in [-0.2, 0) is 4.79 Å². The van der Waals surface area contributed by atoms with Gasteiger partial charge in [0.2, 0.25) is 5.91 Å². The third kappa shape index (κ3) is 2.48. The number of benzene rings is 2. The van der Waals surface area contributed by atoms with Crippen molar-refractivity contribution >= 4 is 5.91 Å². The highest BCUT2D eigenvalue weighted by atomic mass is 16.5. The van der Waals surface area contributed by atoms with E-state index in [1.165, 1.54) is 6.42 Å². The van der Waals surface area contributed by atoms with Gasteiger partial charge in [-0.25, -0.2) is 0 Å². The normalized spacial score (nSPS) is 20.0. The first-order valence-corrected chi connectivity index (χ1v) is 8.95. The molecule has 0 N–H and O–H groups in total. The number of para-hydroxylation sites is 2. The van der Waals surface area contributed by atoms with Crippen LogP contribution in [-0.4, -0.2) is 23.4 Å². The highest BCUT2D eigenvalue weighted by Gasteiger charge is 2.37. The summed E-state index contributed by atoms with van der Waals surface area (Å²) in [5.41, 5.74) is 1.98. The molecule has 0 aromatic heterocycles. The molecule has 124 valence electrons. The summed E-state index contributed by atoms with van der Waals surface area (Å²) >= 11 is 0. The highest BCUT2D eigenvalue weighted by Crippen LogP contribution is 2.45. The van der Waals surface area contributed by atoms with E-state index in [1.54, 1.807) is 0 Å². The van der Waals surface area contributed by atoms with Gasteiger partial charge in [0.25, 0.3) is 0 Å². The Balaban J connectivity index is 1.78. The van der Waals surface area contributed by atoms with Crippen molar-refractivity contribution in [2.45, 2.75) is 44.6 Å². The Labute approximate surface area is 143 Å². The van der Waals surface area contributed by atoms with Gasteiger partial charge in [-0.05, 0) is 37.8 Å². The molecule has 1 atom stereocenters. The SMILES string of the molecule is CCC1CCCCN1C(=O)C1c2ccccc2Oc2ccccc21. The van der Waals surface area contributed by atoms with Gasteiger partial charge in [-0.15, -0.1) is 0 Å². The van der Waals surface area contributed by atoms with Gasteiger partial charge in [-0.2, -0.15) is 0 Å². The summed E-state index contributed by atoms with van der Waals surface area (Å²) in [7, 11) is 0. The number of hydrogen-bond donors (Lipinski definition) is 0. The van der Waals surface area contributed by atoms with Crippen LogP contribution in [0.3, 0.4) is 0 Å². The van der Waals surface area contributed by atoms with Crippen molar-refractivity contribution in [2.75, 3.05) is 6.54 Å². The van der Waals surface area contributed by atoms with Crippen molar-refractivity contribution in [3.63, 3.8) is 0 Å². The second-order valence-corrected chi connectivity index (χ2v) is 6.70. The fourth-order valence-corrected chi connectivity index (χ4v) is 4.06. The van der Waals surface area contributed by atoms with Gasteiger partial charge in [0.05, 0.1) is 5.92 Å². The molecule has 3 heteroatoms. The Morgan fingerprint density at radius 2 is 1.67 bits per heavy atom. The number of nitrogens with zero attached hydrogens (tertiary/aromatic N) is 1. The highest BCUT2D eigenvalue weighted by molar-refractivity contribution is 5.90. The maximum atomic E-state index is 13.5. The Bertz CT molecular complexity index is 710. The van der Waals surface area contributed by atoms with Gasteiger partial charge in [0.15, 0.2) is 0 Å². The molecule has 4 rings (SSSR count). The topological polar surface area (TPSA) is 29.5 Å². The molecule has 24 heavy (non-hydrogen) atoms. The van der Waals surface area contributed by atoms with Crippen molar-refractivity contribution in [1.82, 2.24) is 4.90 Å². The molecule has 1 saturated heterocycles. The average molecular weight is 321 g/mol. The molecule has 0 saturated carbocycles. The largest absolute Gasteiger partial charge is 0.457 e. The van der Waals surface area contributed by atoms with Gasteiger partial charge in [0.1, 0.15) is 11.5 Å². The zero-order chi connectivity index (χ0) is 16.5. The fraction of sp³-hybridized carbons (Fsp3) is 0.381. The van der Waals surface area contributed by atoms with E-state index in [9.17, 15) is 4.79 Å². The maximum Gasteiger partial charge on any atom is 0.235 e. The summed E-state index contributed by atoms with van der Waals surface area (Å²) in [4.78, 5) is 15.6. The first kappa shape index (κ1) is 15.3. The number of rotatable bonds is 2. The first-order valence-electron chi connectivity index (χ1n) is 8.95. The molecular weight excluding hydrogens is 298 g/mol. The van der Waals surface area contributed by atoms with Crippen molar-refractivity contribution < 1.29 is 9.53 Å². The molecule has 2 aromatic carbocycles. The molecule has 2 aliphatic heterocycles. The van der Waals surface area contributed by atoms with Crippen LogP contribution >= 0.6 is 0 Å². The number of hydrogen-bond acceptors (Lipinski definition) is 2. The first-order chi connectivity index (χ1) is 11.8. The van der Waals surface area contributed by atoms with Gasteiger partial charge < -0.3 is 9.64 Å². The molecule has 0 radical (unpaired) electrons. The number of carbonyl (C=O) groups excluding carboxylic acids is 1. The second kappa shape index (κ2) is 6.31. The Hall–Kier alpha value is -2.29. The summed E-state index contributed by atoms with van der Waals surface area (Å²) in [5, 5.41) is 0. The molecule has 1 unspecified atom stereocenters. The standard InChI is InChI=1S/C21H23NO2/c1-2-15-9-7-8-14-22(15)21(23)20-16-10-3-5-12-18(16)24-19-13-6-4-11-17(19)20/h3-6,10-13,15,20H,2,7-9,14H2,1H3. The summed E-state index contributed by atoms with van der Waals surface area (Å²) in [6.07, 6.45) is 4.48. The Morgan fingerprint density at radius 3 is 2.29 bits per heavy atom. The number of likely N-dealkylation sites (tertiary alicyclic amines) is 1. The number of ether oxygens (including phenoxy) is 1. The smallest absolute Gasteiger partial charge is 0.235 e. The number of piperidine rings is 1. The molecule has 0 aliphatic carbocycles. The number of carbonyl (C=O) groups is 1. The van der Waals surface area contributed by atoms with Crippen LogP contribution in [0.25, 0.3) is 0 Å². The minimum Gasteiger partial charge on any atom is -0.457 e. The number of fused-ring (bicyclic) bond motifs is 2. The lowest BCUT2D eigenvalue weighted by atomic mass is 9.85. The molecule has 0 bridgehead atoms. The zero-order valence-electron chi connectivity index (χ0n) is 14.1. The van der Waals surface area contributed by atoms with Crippen molar-refractivity contribution in [1.29, 1.82) is 0 Å². The van der Waals surface area contributed by atoms with E-state index >= 15 is 0 Å². The van der Waals surface area contributed by atoms with E-state index in [0.717, 1.165) is 48.4 Å². The van der Waals surface area contributed by atoms with E-state index in [4.69, 9.17) is 4.74 Å². The molecule has 1 fully saturated rings. The lowest BCUT2D eigenvalue weighted by Gasteiger charge is -2.39. The van der Waals surface area contributed by atoms with Gasteiger partial charge >= 0.3 is 0 Å². The predicted octanol–water partition coefficient (Wildman–Crippen LogP) is 4.72. The van der Waals surface area contributed by atoms with Crippen LogP contribution in [0, 0.1) is 0 Å². The number of amides is 1. The summed E-state index contributed by atoms with van der Waals surface area (Å²) < 4.78 is 6.03. The van der Waals surface area contributed by atoms with Gasteiger partial charge in [-0.3, -0.25) is 4.79 Å². The minimum atomic E-state index is -0.252. The fourth-order valence-electron chi connectivity index (χ4n) is 4.06. The van der Waals surface area contributed by atoms with Crippen LogP contribution in [0.5, 0.6) is 11.5 Å². The molecule has 1 amide bonds. The van der Waals surface area contributed by atoms with E-state index in [-0.39, 0.29) is 11.8 Å². The molecule has 2 aromatic rings. The van der Waals surface area contributed by atoms with Crippen LogP contribution in [0.2, 0.25) is 0 Å². The Kier molecular flexibility index (Phi) is 4.01. The quantitative estimate of drug-likeness (QED) is 0.801. The van der Waals surface area contributed by atoms with Crippen molar-refractivity contribution in [3.8, 4) is 11.5 Å². The van der Waals surface area contributed by atoms with Crippen molar-refractivity contribution in [3.05, 3.63) is 59.7 Å². The predicted molar refractivity (Wildman–Crippen MR) is 94.4 cm³/mol. The van der Waals surface area contributed by atoms with E-state index < -0.39 is 0 Å². The van der Waals surface area contributed by atoms with Crippen LogP contribution < -0.4 is 4.74 Å². The summed E-state index contributed by atoms with van der Waals surface area (Å²) in [6.45, 7) is 3.06. The van der Waals surface area contributed by atoms with E-state index in [2.05, 4.69) is 11.8 Å². The molecular formula is C21H23NO2. The second-order valence-electron chi connectivity index (χ2n) is 6.70. The molecule has 2 heterocycles. The molecule has 3 nitrogen and oxygen atoms in total. The third-order valence-corrected chi connectivity index (χ3v) is 5.31. The van der Waals surface area contributed by atoms with Crippen LogP contribution in [0.15, 0.2) is 48.5 Å². The monoisotopic (exact) mass is 321 g/mol.